The number of hydrogen-bond donors (Lipinski definition) is 1. The smallest absolute Gasteiger partial charge is 0.136 e. The van der Waals surface area contributed by atoms with Gasteiger partial charge in [-0.2, -0.15) is 0 Å². The fourth-order valence-corrected chi connectivity index (χ4v) is 4.33. The Kier molecular flexibility index (Phi) is 2.34. The highest BCUT2D eigenvalue weighted by Gasteiger charge is 2.25. The lowest BCUT2D eigenvalue weighted by atomic mass is 9.85. The highest BCUT2D eigenvalue weighted by molar-refractivity contribution is 7.19. The Labute approximate surface area is 110 Å². The summed E-state index contributed by atoms with van der Waals surface area (Å²) in [4.78, 5) is 12.0. The summed E-state index contributed by atoms with van der Waals surface area (Å²) in [6.45, 7) is 0. The molecule has 1 fully saturated rings. The van der Waals surface area contributed by atoms with Crippen LogP contribution in [0.3, 0.4) is 0 Å². The van der Waals surface area contributed by atoms with E-state index in [1.807, 2.05) is 11.3 Å². The molecular formula is C14H17N3S. The lowest BCUT2D eigenvalue weighted by molar-refractivity contribution is 0.403. The van der Waals surface area contributed by atoms with Crippen LogP contribution in [0.1, 0.15) is 54.3 Å². The maximum absolute atomic E-state index is 6.20. The van der Waals surface area contributed by atoms with Crippen molar-refractivity contribution in [2.75, 3.05) is 5.73 Å². The molecule has 3 nitrogen and oxygen atoms in total. The van der Waals surface area contributed by atoms with Crippen molar-refractivity contribution in [3.8, 4) is 0 Å². The molecule has 2 aromatic rings. The number of aromatic nitrogens is 2. The van der Waals surface area contributed by atoms with Gasteiger partial charge in [0.1, 0.15) is 16.5 Å². The van der Waals surface area contributed by atoms with E-state index in [1.54, 1.807) is 0 Å². The monoisotopic (exact) mass is 259 g/mol. The zero-order chi connectivity index (χ0) is 12.1. The molecule has 18 heavy (non-hydrogen) atoms. The zero-order valence-corrected chi connectivity index (χ0v) is 11.2. The molecule has 0 unspecified atom stereocenters. The van der Waals surface area contributed by atoms with Crippen molar-refractivity contribution in [1.29, 1.82) is 0 Å². The van der Waals surface area contributed by atoms with Gasteiger partial charge in [0.05, 0.1) is 5.39 Å². The maximum Gasteiger partial charge on any atom is 0.136 e. The molecule has 0 radical (unpaired) electrons. The van der Waals surface area contributed by atoms with Gasteiger partial charge in [-0.1, -0.05) is 6.42 Å². The summed E-state index contributed by atoms with van der Waals surface area (Å²) in [5, 5.41) is 1.16. The van der Waals surface area contributed by atoms with Crippen LogP contribution in [0.5, 0.6) is 0 Å². The highest BCUT2D eigenvalue weighted by atomic mass is 32.1. The molecule has 0 atom stereocenters. The maximum atomic E-state index is 6.20. The number of rotatable bonds is 1. The van der Waals surface area contributed by atoms with E-state index in [-0.39, 0.29) is 0 Å². The van der Waals surface area contributed by atoms with Crippen LogP contribution in [0.4, 0.5) is 5.82 Å². The molecule has 0 saturated heterocycles. The zero-order valence-electron chi connectivity index (χ0n) is 10.4. The third kappa shape index (κ3) is 1.48. The van der Waals surface area contributed by atoms with Gasteiger partial charge in [0.15, 0.2) is 0 Å². The first-order valence-electron chi connectivity index (χ1n) is 6.90. The van der Waals surface area contributed by atoms with Gasteiger partial charge in [0.2, 0.25) is 0 Å². The molecule has 2 heterocycles. The minimum atomic E-state index is 0.566. The minimum Gasteiger partial charge on any atom is -0.383 e. The van der Waals surface area contributed by atoms with E-state index in [4.69, 9.17) is 10.7 Å². The molecule has 4 heteroatoms. The molecule has 0 spiro atoms. The van der Waals surface area contributed by atoms with Crippen LogP contribution >= 0.6 is 11.3 Å². The molecule has 0 aromatic carbocycles. The van der Waals surface area contributed by atoms with Crippen molar-refractivity contribution in [3.05, 3.63) is 16.3 Å². The van der Waals surface area contributed by atoms with Crippen LogP contribution in [0.25, 0.3) is 10.2 Å². The van der Waals surface area contributed by atoms with E-state index >= 15 is 0 Å². The van der Waals surface area contributed by atoms with Gasteiger partial charge in [-0.25, -0.2) is 9.97 Å². The van der Waals surface area contributed by atoms with Crippen LogP contribution in [0, 0.1) is 0 Å². The highest BCUT2D eigenvalue weighted by Crippen LogP contribution is 2.40. The lowest BCUT2D eigenvalue weighted by Gasteiger charge is -2.23. The van der Waals surface area contributed by atoms with Crippen LogP contribution in [0.2, 0.25) is 0 Å². The predicted octanol–water partition coefficient (Wildman–Crippen LogP) is 3.42. The Bertz CT molecular complexity index is 613. The van der Waals surface area contributed by atoms with E-state index in [0.29, 0.717) is 5.92 Å². The van der Waals surface area contributed by atoms with E-state index < -0.39 is 0 Å². The summed E-state index contributed by atoms with van der Waals surface area (Å²) in [5.41, 5.74) is 7.64. The number of hydrogen-bond acceptors (Lipinski definition) is 4. The van der Waals surface area contributed by atoms with Crippen molar-refractivity contribution in [2.45, 2.75) is 50.9 Å². The number of nitrogens with zero attached hydrogens (tertiary/aromatic N) is 2. The number of aryl methyl sites for hydroxylation is 2. The Morgan fingerprint density at radius 2 is 1.89 bits per heavy atom. The SMILES string of the molecule is Nc1nc(C2CCC2)nc2sc3c(c12)CCCC3. The van der Waals surface area contributed by atoms with Crippen LogP contribution in [-0.2, 0) is 12.8 Å². The largest absolute Gasteiger partial charge is 0.383 e. The second-order valence-electron chi connectivity index (χ2n) is 5.49. The summed E-state index contributed by atoms with van der Waals surface area (Å²) in [5.74, 6) is 2.28. The molecule has 1 saturated carbocycles. The van der Waals surface area contributed by atoms with E-state index in [0.717, 1.165) is 28.3 Å². The second-order valence-corrected chi connectivity index (χ2v) is 6.57. The second kappa shape index (κ2) is 3.92. The van der Waals surface area contributed by atoms with Crippen LogP contribution in [0.15, 0.2) is 0 Å². The molecule has 0 amide bonds. The van der Waals surface area contributed by atoms with Crippen molar-refractivity contribution in [2.24, 2.45) is 0 Å². The Morgan fingerprint density at radius 1 is 1.06 bits per heavy atom. The standard InChI is InChI=1S/C14H17N3S/c15-12-11-9-6-1-2-7-10(9)18-14(11)17-13(16-12)8-4-3-5-8/h8H,1-7H2,(H2,15,16,17). The van der Waals surface area contributed by atoms with Gasteiger partial charge in [0.25, 0.3) is 0 Å². The van der Waals surface area contributed by atoms with Gasteiger partial charge in [0, 0.05) is 10.8 Å². The number of anilines is 1. The van der Waals surface area contributed by atoms with Gasteiger partial charge in [-0.05, 0) is 44.1 Å². The number of nitrogens with two attached hydrogens (primary N) is 1. The number of thiophene rings is 1. The van der Waals surface area contributed by atoms with E-state index in [2.05, 4.69) is 4.98 Å². The predicted molar refractivity (Wildman–Crippen MR) is 75.1 cm³/mol. The van der Waals surface area contributed by atoms with Gasteiger partial charge < -0.3 is 5.73 Å². The Morgan fingerprint density at radius 3 is 2.67 bits per heavy atom. The summed E-state index contributed by atoms with van der Waals surface area (Å²) >= 11 is 1.85. The molecule has 94 valence electrons. The molecule has 2 aliphatic rings. The molecule has 2 N–H and O–H groups in total. The average Bonchev–Trinajstić information content (AvgIpc) is 2.64. The number of nitrogen functional groups attached to an aromatic ring is 1. The molecule has 2 aliphatic carbocycles. The fourth-order valence-electron chi connectivity index (χ4n) is 3.05. The van der Waals surface area contributed by atoms with Crippen LogP contribution < -0.4 is 5.73 Å². The first kappa shape index (κ1) is 10.7. The summed E-state index contributed by atoms with van der Waals surface area (Å²) in [6.07, 6.45) is 8.73. The molecule has 4 rings (SSSR count). The number of fused-ring (bicyclic) bond motifs is 3. The normalized spacial score (nSPS) is 19.8. The molecule has 0 bridgehead atoms. The third-order valence-corrected chi connectivity index (χ3v) is 5.52. The third-order valence-electron chi connectivity index (χ3n) is 4.33. The summed E-state index contributed by atoms with van der Waals surface area (Å²) < 4.78 is 0. The average molecular weight is 259 g/mol. The fraction of sp³-hybridized carbons (Fsp3) is 0.571. The van der Waals surface area contributed by atoms with Gasteiger partial charge in [-0.15, -0.1) is 11.3 Å². The van der Waals surface area contributed by atoms with Crippen molar-refractivity contribution in [1.82, 2.24) is 9.97 Å². The Hall–Kier alpha value is -1.16. The van der Waals surface area contributed by atoms with Crippen molar-refractivity contribution >= 4 is 27.4 Å². The molecular weight excluding hydrogens is 242 g/mol. The van der Waals surface area contributed by atoms with Crippen molar-refractivity contribution < 1.29 is 0 Å². The van der Waals surface area contributed by atoms with E-state index in [1.165, 1.54) is 49.0 Å². The first-order chi connectivity index (χ1) is 8.83. The topological polar surface area (TPSA) is 51.8 Å². The van der Waals surface area contributed by atoms with Crippen molar-refractivity contribution in [3.63, 3.8) is 0 Å². The van der Waals surface area contributed by atoms with Gasteiger partial charge in [-0.3, -0.25) is 0 Å². The van der Waals surface area contributed by atoms with Crippen LogP contribution in [-0.4, -0.2) is 9.97 Å². The lowest BCUT2D eigenvalue weighted by Crippen LogP contribution is -2.13. The molecule has 2 aromatic heterocycles. The molecule has 0 aliphatic heterocycles. The van der Waals surface area contributed by atoms with E-state index in [9.17, 15) is 0 Å². The van der Waals surface area contributed by atoms with Gasteiger partial charge >= 0.3 is 0 Å². The quantitative estimate of drug-likeness (QED) is 0.853. The first-order valence-corrected chi connectivity index (χ1v) is 7.72. The Balaban J connectivity index is 1.91. The minimum absolute atomic E-state index is 0.566. The summed E-state index contributed by atoms with van der Waals surface area (Å²) in [6, 6.07) is 0. The summed E-state index contributed by atoms with van der Waals surface area (Å²) in [7, 11) is 0.